The number of carbonyl (C=O) groups is 1. The van der Waals surface area contributed by atoms with Crippen LogP contribution in [-0.2, 0) is 6.42 Å². The summed E-state index contributed by atoms with van der Waals surface area (Å²) in [4.78, 5) is 11.1. The van der Waals surface area contributed by atoms with Crippen LogP contribution in [0.1, 0.15) is 34.8 Å². The highest BCUT2D eigenvalue weighted by Crippen LogP contribution is 2.17. The van der Waals surface area contributed by atoms with Gasteiger partial charge in [-0.2, -0.15) is 5.10 Å². The first-order valence-corrected chi connectivity index (χ1v) is 6.71. The minimum atomic E-state index is -0.474. The van der Waals surface area contributed by atoms with Crippen molar-refractivity contribution in [3.63, 3.8) is 0 Å². The van der Waals surface area contributed by atoms with Gasteiger partial charge in [-0.15, -0.1) is 0 Å². The zero-order chi connectivity index (χ0) is 14.7. The fraction of sp³-hybridized carbons (Fsp3) is 0.333. The molecule has 0 aliphatic rings. The van der Waals surface area contributed by atoms with E-state index in [9.17, 15) is 4.79 Å². The van der Waals surface area contributed by atoms with Crippen LogP contribution in [0.5, 0.6) is 0 Å². The molecule has 4 N–H and O–H groups in total. The molecule has 0 radical (unpaired) electrons. The summed E-state index contributed by atoms with van der Waals surface area (Å²) in [6, 6.07) is 6.33. The van der Waals surface area contributed by atoms with Crippen LogP contribution in [0.25, 0.3) is 5.69 Å². The summed E-state index contributed by atoms with van der Waals surface area (Å²) >= 11 is 0. The lowest BCUT2D eigenvalue weighted by Gasteiger charge is -2.12. The summed E-state index contributed by atoms with van der Waals surface area (Å²) in [5, 5.41) is 4.19. The summed E-state index contributed by atoms with van der Waals surface area (Å²) in [6.07, 6.45) is 4.89. The van der Waals surface area contributed by atoms with Crippen molar-refractivity contribution < 1.29 is 4.79 Å². The third-order valence-corrected chi connectivity index (χ3v) is 3.41. The molecule has 0 aliphatic heterocycles. The van der Waals surface area contributed by atoms with Gasteiger partial charge in [0.1, 0.15) is 0 Å². The van der Waals surface area contributed by atoms with Crippen molar-refractivity contribution in [2.24, 2.45) is 11.5 Å². The van der Waals surface area contributed by atoms with Gasteiger partial charge in [0.25, 0.3) is 5.91 Å². The van der Waals surface area contributed by atoms with Gasteiger partial charge in [-0.25, -0.2) is 4.68 Å². The van der Waals surface area contributed by atoms with Crippen molar-refractivity contribution in [3.05, 3.63) is 47.3 Å². The average Bonchev–Trinajstić information content (AvgIpc) is 2.90. The molecule has 0 saturated heterocycles. The predicted molar refractivity (Wildman–Crippen MR) is 78.8 cm³/mol. The first-order valence-electron chi connectivity index (χ1n) is 6.71. The smallest absolute Gasteiger partial charge is 0.251 e. The number of aromatic nitrogens is 2. The van der Waals surface area contributed by atoms with Crippen molar-refractivity contribution in [2.75, 3.05) is 0 Å². The van der Waals surface area contributed by atoms with E-state index >= 15 is 0 Å². The van der Waals surface area contributed by atoms with Crippen molar-refractivity contribution in [2.45, 2.75) is 32.7 Å². The molecule has 1 unspecified atom stereocenters. The molecule has 0 aliphatic carbocycles. The first-order chi connectivity index (χ1) is 9.51. The zero-order valence-corrected chi connectivity index (χ0v) is 11.8. The number of carbonyl (C=O) groups excluding carboxylic acids is 1. The number of nitrogens with two attached hydrogens (primary N) is 2. The van der Waals surface area contributed by atoms with Crippen molar-refractivity contribution in [3.8, 4) is 5.69 Å². The molecule has 1 aromatic carbocycles. The Kier molecular flexibility index (Phi) is 4.20. The maximum atomic E-state index is 11.1. The van der Waals surface area contributed by atoms with Gasteiger partial charge >= 0.3 is 0 Å². The van der Waals surface area contributed by atoms with Gasteiger partial charge in [-0.05, 0) is 37.0 Å². The molecular weight excluding hydrogens is 252 g/mol. The van der Waals surface area contributed by atoms with E-state index in [1.54, 1.807) is 10.9 Å². The Hall–Kier alpha value is -2.14. The third kappa shape index (κ3) is 3.05. The van der Waals surface area contributed by atoms with E-state index < -0.39 is 5.91 Å². The van der Waals surface area contributed by atoms with Crippen LogP contribution in [0.3, 0.4) is 0 Å². The summed E-state index contributed by atoms with van der Waals surface area (Å²) in [5.41, 5.74) is 14.8. The van der Waals surface area contributed by atoms with Gasteiger partial charge in [0.2, 0.25) is 0 Å². The van der Waals surface area contributed by atoms with E-state index in [0.29, 0.717) is 5.56 Å². The van der Waals surface area contributed by atoms with E-state index in [-0.39, 0.29) is 6.04 Å². The molecule has 5 heteroatoms. The minimum absolute atomic E-state index is 0.157. The van der Waals surface area contributed by atoms with Crippen LogP contribution in [0.4, 0.5) is 0 Å². The molecule has 0 saturated carbocycles. The van der Waals surface area contributed by atoms with Gasteiger partial charge in [0.05, 0.1) is 17.4 Å². The molecule has 5 nitrogen and oxygen atoms in total. The predicted octanol–water partition coefficient (Wildman–Crippen LogP) is 1.56. The van der Waals surface area contributed by atoms with E-state index in [1.165, 1.54) is 6.20 Å². The van der Waals surface area contributed by atoms with E-state index in [4.69, 9.17) is 11.5 Å². The van der Waals surface area contributed by atoms with Gasteiger partial charge in [0.15, 0.2) is 0 Å². The molecule has 0 bridgehead atoms. The average molecular weight is 272 g/mol. The number of aryl methyl sites for hydroxylation is 1. The van der Waals surface area contributed by atoms with Crippen molar-refractivity contribution in [1.29, 1.82) is 0 Å². The van der Waals surface area contributed by atoms with Crippen molar-refractivity contribution >= 4 is 5.91 Å². The molecule has 106 valence electrons. The normalized spacial score (nSPS) is 12.3. The van der Waals surface area contributed by atoms with Crippen LogP contribution in [0.2, 0.25) is 0 Å². The van der Waals surface area contributed by atoms with Crippen LogP contribution in [-0.4, -0.2) is 21.7 Å². The van der Waals surface area contributed by atoms with Crippen LogP contribution in [0, 0.1) is 6.92 Å². The maximum absolute atomic E-state index is 11.1. The lowest BCUT2D eigenvalue weighted by atomic mass is 10.0. The number of hydrogen-bond donors (Lipinski definition) is 2. The Morgan fingerprint density at radius 2 is 2.20 bits per heavy atom. The first kappa shape index (κ1) is 14.3. The second-order valence-electron chi connectivity index (χ2n) is 5.03. The zero-order valence-electron chi connectivity index (χ0n) is 11.8. The van der Waals surface area contributed by atoms with Crippen LogP contribution < -0.4 is 11.5 Å². The Balaban J connectivity index is 2.34. The number of primary amides is 1. The highest BCUT2D eigenvalue weighted by atomic mass is 16.1. The lowest BCUT2D eigenvalue weighted by molar-refractivity contribution is 0.100. The molecule has 0 spiro atoms. The molecule has 2 aromatic rings. The lowest BCUT2D eigenvalue weighted by Crippen LogP contribution is -2.21. The van der Waals surface area contributed by atoms with E-state index in [2.05, 4.69) is 24.2 Å². The fourth-order valence-corrected chi connectivity index (χ4v) is 2.06. The van der Waals surface area contributed by atoms with Crippen LogP contribution >= 0.6 is 0 Å². The number of amides is 1. The molecule has 20 heavy (non-hydrogen) atoms. The Morgan fingerprint density at radius 3 is 2.80 bits per heavy atom. The molecular formula is C15H20N4O. The maximum Gasteiger partial charge on any atom is 0.251 e. The molecule has 1 amide bonds. The summed E-state index contributed by atoms with van der Waals surface area (Å²) in [5.74, 6) is -0.474. The summed E-state index contributed by atoms with van der Waals surface area (Å²) < 4.78 is 1.68. The Morgan fingerprint density at radius 1 is 1.45 bits per heavy atom. The number of nitrogens with zero attached hydrogens (tertiary/aromatic N) is 2. The highest BCUT2D eigenvalue weighted by molar-refractivity contribution is 5.92. The topological polar surface area (TPSA) is 86.9 Å². The quantitative estimate of drug-likeness (QED) is 0.866. The summed E-state index contributed by atoms with van der Waals surface area (Å²) in [6.45, 7) is 4.08. The number of hydrogen-bond acceptors (Lipinski definition) is 3. The van der Waals surface area contributed by atoms with Gasteiger partial charge < -0.3 is 11.5 Å². The third-order valence-electron chi connectivity index (χ3n) is 3.41. The molecule has 1 atom stereocenters. The number of rotatable bonds is 5. The molecule has 0 fully saturated rings. The highest BCUT2D eigenvalue weighted by Gasteiger charge is 2.09. The van der Waals surface area contributed by atoms with Crippen molar-refractivity contribution in [1.82, 2.24) is 9.78 Å². The van der Waals surface area contributed by atoms with E-state index in [1.807, 2.05) is 13.0 Å². The summed E-state index contributed by atoms with van der Waals surface area (Å²) in [7, 11) is 0. The molecule has 1 heterocycles. The second kappa shape index (κ2) is 5.88. The molecule has 2 rings (SSSR count). The van der Waals surface area contributed by atoms with Gasteiger partial charge in [0, 0.05) is 12.2 Å². The minimum Gasteiger partial charge on any atom is -0.366 e. The second-order valence-corrected chi connectivity index (χ2v) is 5.03. The SMILES string of the molecule is CCC(N)Cc1ccc(C)c(-n2cc(C(N)=O)cn2)c1. The van der Waals surface area contributed by atoms with Crippen LogP contribution in [0.15, 0.2) is 30.6 Å². The monoisotopic (exact) mass is 272 g/mol. The fourth-order valence-electron chi connectivity index (χ4n) is 2.06. The standard InChI is InChI=1S/C15H20N4O/c1-3-13(16)6-11-5-4-10(2)14(7-11)19-9-12(8-18-19)15(17)20/h4-5,7-9,13H,3,6,16H2,1-2H3,(H2,17,20). The van der Waals surface area contributed by atoms with Gasteiger partial charge in [-0.1, -0.05) is 19.1 Å². The van der Waals surface area contributed by atoms with Gasteiger partial charge in [-0.3, -0.25) is 4.79 Å². The largest absolute Gasteiger partial charge is 0.366 e. The number of benzene rings is 1. The Labute approximate surface area is 118 Å². The van der Waals surface area contributed by atoms with E-state index in [0.717, 1.165) is 29.7 Å². The molecule has 1 aromatic heterocycles. The Bertz CT molecular complexity index is 618.